The lowest BCUT2D eigenvalue weighted by Crippen LogP contribution is -2.51. The number of nitrogens with zero attached hydrogens (tertiary/aromatic N) is 1. The summed E-state index contributed by atoms with van der Waals surface area (Å²) in [6.45, 7) is 0. The van der Waals surface area contributed by atoms with Crippen LogP contribution in [0.25, 0.3) is 0 Å². The maximum atomic E-state index is 12.9. The molecule has 32 heavy (non-hydrogen) atoms. The first-order valence-corrected chi connectivity index (χ1v) is 12.6. The molecule has 4 rings (SSSR count). The number of nitrogens with one attached hydrogen (secondary N) is 4. The van der Waals surface area contributed by atoms with Crippen molar-refractivity contribution in [2.75, 3.05) is 0 Å². The number of amides is 1. The van der Waals surface area contributed by atoms with Gasteiger partial charge in [0.25, 0.3) is 0 Å². The van der Waals surface area contributed by atoms with Gasteiger partial charge in [-0.2, -0.15) is 13.2 Å². The lowest BCUT2D eigenvalue weighted by atomic mass is 9.81. The van der Waals surface area contributed by atoms with Gasteiger partial charge < -0.3 is 5.32 Å². The van der Waals surface area contributed by atoms with Crippen molar-refractivity contribution in [1.82, 2.24) is 21.5 Å². The van der Waals surface area contributed by atoms with Gasteiger partial charge in [-0.05, 0) is 76.5 Å². The predicted octanol–water partition coefficient (Wildman–Crippen LogP) is 3.96. The Hall–Kier alpha value is -1.06. The zero-order valence-electron chi connectivity index (χ0n) is 18.4. The molecule has 1 heterocycles. The fraction of sp³-hybridized carbons (Fsp3) is 0.909. The number of guanidine groups is 1. The summed E-state index contributed by atoms with van der Waals surface area (Å²) in [7, 11) is 0. The number of hydrazine groups is 1. The van der Waals surface area contributed by atoms with E-state index in [-0.39, 0.29) is 43.1 Å². The van der Waals surface area contributed by atoms with Crippen molar-refractivity contribution in [1.29, 1.82) is 0 Å². The molecule has 4 N–H and O–H groups in total. The molecule has 4 aliphatic rings. The van der Waals surface area contributed by atoms with Crippen molar-refractivity contribution >= 4 is 23.5 Å². The molecule has 0 spiro atoms. The molecular formula is C22H35ClF3N5O. The van der Waals surface area contributed by atoms with Crippen LogP contribution in [0.15, 0.2) is 4.99 Å². The van der Waals surface area contributed by atoms with Crippen LogP contribution in [-0.2, 0) is 4.79 Å². The third-order valence-electron chi connectivity index (χ3n) is 7.72. The van der Waals surface area contributed by atoms with Crippen LogP contribution in [0, 0.1) is 17.8 Å². The van der Waals surface area contributed by atoms with Crippen molar-refractivity contribution in [3.63, 3.8) is 0 Å². The van der Waals surface area contributed by atoms with E-state index in [1.807, 2.05) is 0 Å². The minimum atomic E-state index is -4.17. The van der Waals surface area contributed by atoms with Gasteiger partial charge in [0.05, 0.1) is 5.92 Å². The van der Waals surface area contributed by atoms with Crippen LogP contribution in [0.3, 0.4) is 0 Å². The van der Waals surface area contributed by atoms with Gasteiger partial charge >= 0.3 is 6.18 Å². The molecule has 0 aromatic rings. The molecule has 0 aromatic carbocycles. The van der Waals surface area contributed by atoms with Gasteiger partial charge in [-0.1, -0.05) is 0 Å². The van der Waals surface area contributed by atoms with Gasteiger partial charge in [0.15, 0.2) is 5.96 Å². The lowest BCUT2D eigenvalue weighted by molar-refractivity contribution is -0.184. The highest BCUT2D eigenvalue weighted by Gasteiger charge is 2.42. The number of aliphatic imine (C=N–C) groups is 1. The standard InChI is InChI=1S/C22H35ClF3N5O/c23-16-10-6-13(7-11-16)18-12-19(31-30-18)28-21(27-17-2-1-3-17)29-20(32)14-4-8-15(9-5-14)22(24,25)26/h13-19,30-31H,1-12H2,(H2,27,28,29,32). The Morgan fingerprint density at radius 1 is 0.938 bits per heavy atom. The largest absolute Gasteiger partial charge is 0.391 e. The highest BCUT2D eigenvalue weighted by atomic mass is 35.5. The highest BCUT2D eigenvalue weighted by Crippen LogP contribution is 2.39. The maximum absolute atomic E-state index is 12.9. The molecule has 1 amide bonds. The zero-order valence-corrected chi connectivity index (χ0v) is 19.1. The number of alkyl halides is 4. The fourth-order valence-electron chi connectivity index (χ4n) is 5.35. The molecule has 10 heteroatoms. The van der Waals surface area contributed by atoms with Crippen LogP contribution >= 0.6 is 11.6 Å². The molecule has 0 aromatic heterocycles. The molecule has 1 saturated heterocycles. The van der Waals surface area contributed by atoms with Crippen LogP contribution in [0.2, 0.25) is 0 Å². The summed E-state index contributed by atoms with van der Waals surface area (Å²) in [6, 6.07) is 0.616. The molecule has 3 saturated carbocycles. The molecule has 1 aliphatic heterocycles. The molecule has 4 fully saturated rings. The van der Waals surface area contributed by atoms with Crippen molar-refractivity contribution in [3.05, 3.63) is 0 Å². The Labute approximate surface area is 192 Å². The first kappa shape index (κ1) is 24.1. The van der Waals surface area contributed by atoms with E-state index in [0.29, 0.717) is 24.0 Å². The van der Waals surface area contributed by atoms with Crippen molar-refractivity contribution in [2.24, 2.45) is 22.7 Å². The summed E-state index contributed by atoms with van der Waals surface area (Å²) < 4.78 is 38.8. The number of hydrogen-bond donors (Lipinski definition) is 4. The fourth-order valence-corrected chi connectivity index (χ4v) is 5.60. The van der Waals surface area contributed by atoms with E-state index >= 15 is 0 Å². The van der Waals surface area contributed by atoms with E-state index in [1.165, 1.54) is 0 Å². The topological polar surface area (TPSA) is 77.5 Å². The molecule has 0 radical (unpaired) electrons. The summed E-state index contributed by atoms with van der Waals surface area (Å²) in [6.07, 6.45) is 4.59. The van der Waals surface area contributed by atoms with Crippen LogP contribution in [0.4, 0.5) is 13.2 Å². The molecule has 2 atom stereocenters. The third kappa shape index (κ3) is 6.29. The maximum Gasteiger partial charge on any atom is 0.391 e. The second-order valence-corrected chi connectivity index (χ2v) is 10.6. The van der Waals surface area contributed by atoms with Gasteiger partial charge in [0.2, 0.25) is 5.91 Å². The molecule has 0 bridgehead atoms. The minimum Gasteiger partial charge on any atom is -0.353 e. The smallest absolute Gasteiger partial charge is 0.353 e. The average molecular weight is 478 g/mol. The van der Waals surface area contributed by atoms with Crippen molar-refractivity contribution in [2.45, 2.75) is 107 Å². The first-order valence-electron chi connectivity index (χ1n) is 12.1. The van der Waals surface area contributed by atoms with E-state index < -0.39 is 18.0 Å². The zero-order chi connectivity index (χ0) is 22.7. The van der Waals surface area contributed by atoms with Gasteiger partial charge in [-0.15, -0.1) is 11.6 Å². The average Bonchev–Trinajstić information content (AvgIpc) is 3.19. The second-order valence-electron chi connectivity index (χ2n) is 9.99. The molecular weight excluding hydrogens is 443 g/mol. The van der Waals surface area contributed by atoms with Crippen LogP contribution in [-0.4, -0.2) is 41.7 Å². The second kappa shape index (κ2) is 10.5. The molecule has 2 unspecified atom stereocenters. The number of rotatable bonds is 4. The Balaban J connectivity index is 1.32. The van der Waals surface area contributed by atoms with Gasteiger partial charge in [-0.25, -0.2) is 10.4 Å². The first-order chi connectivity index (χ1) is 15.3. The van der Waals surface area contributed by atoms with E-state index in [4.69, 9.17) is 16.6 Å². The molecule has 3 aliphatic carbocycles. The molecule has 182 valence electrons. The monoisotopic (exact) mass is 477 g/mol. The minimum absolute atomic E-state index is 0.0183. The SMILES string of the molecule is O=C(N/C(=N/C1CC(C2CCC(Cl)CC2)NN1)NC1CCC1)C1CCC(C(F)(F)F)CC1. The number of hydrogen-bond acceptors (Lipinski definition) is 4. The normalized spacial score (nSPS) is 37.1. The predicted molar refractivity (Wildman–Crippen MR) is 118 cm³/mol. The summed E-state index contributed by atoms with van der Waals surface area (Å²) in [5, 5.41) is 6.52. The number of carbonyl (C=O) groups excluding carboxylic acids is 1. The van der Waals surface area contributed by atoms with Crippen LogP contribution < -0.4 is 21.5 Å². The van der Waals surface area contributed by atoms with E-state index in [0.717, 1.165) is 51.4 Å². The van der Waals surface area contributed by atoms with E-state index in [2.05, 4.69) is 21.5 Å². The number of halogens is 4. The van der Waals surface area contributed by atoms with Crippen LogP contribution in [0.1, 0.15) is 77.0 Å². The Kier molecular flexibility index (Phi) is 7.88. The van der Waals surface area contributed by atoms with Gasteiger partial charge in [-0.3, -0.25) is 15.5 Å². The van der Waals surface area contributed by atoms with Gasteiger partial charge in [0.1, 0.15) is 6.17 Å². The summed E-state index contributed by atoms with van der Waals surface area (Å²) in [4.78, 5) is 17.5. The Morgan fingerprint density at radius 2 is 1.62 bits per heavy atom. The summed E-state index contributed by atoms with van der Waals surface area (Å²) >= 11 is 6.23. The van der Waals surface area contributed by atoms with E-state index in [1.54, 1.807) is 0 Å². The van der Waals surface area contributed by atoms with E-state index in [9.17, 15) is 18.0 Å². The third-order valence-corrected chi connectivity index (χ3v) is 8.15. The molecule has 6 nitrogen and oxygen atoms in total. The van der Waals surface area contributed by atoms with Crippen molar-refractivity contribution < 1.29 is 18.0 Å². The lowest BCUT2D eigenvalue weighted by Gasteiger charge is -2.31. The summed E-state index contributed by atoms with van der Waals surface area (Å²) in [5.41, 5.74) is 6.61. The Morgan fingerprint density at radius 3 is 2.22 bits per heavy atom. The Bertz CT molecular complexity index is 671. The van der Waals surface area contributed by atoms with Gasteiger partial charge in [0, 0.05) is 29.8 Å². The highest BCUT2D eigenvalue weighted by molar-refractivity contribution is 6.20. The number of carbonyl (C=O) groups is 1. The summed E-state index contributed by atoms with van der Waals surface area (Å²) in [5.74, 6) is -0.886. The van der Waals surface area contributed by atoms with Crippen molar-refractivity contribution in [3.8, 4) is 0 Å². The quantitative estimate of drug-likeness (QED) is 0.281. The van der Waals surface area contributed by atoms with Crippen LogP contribution in [0.5, 0.6) is 0 Å².